The molecule has 2 aromatic rings. The maximum absolute atomic E-state index is 12.2. The molecule has 0 radical (unpaired) electrons. The normalized spacial score (nSPS) is 13.2. The molecule has 136 valence electrons. The quantitative estimate of drug-likeness (QED) is 0.491. The summed E-state index contributed by atoms with van der Waals surface area (Å²) in [6.45, 7) is 0.673. The van der Waals surface area contributed by atoms with Crippen LogP contribution in [0.15, 0.2) is 40.2 Å². The van der Waals surface area contributed by atoms with Crippen LogP contribution in [-0.2, 0) is 10.5 Å². The highest BCUT2D eigenvalue weighted by Crippen LogP contribution is 2.25. The van der Waals surface area contributed by atoms with Gasteiger partial charge in [0.25, 0.3) is 11.8 Å². The molecule has 1 aromatic carbocycles. The summed E-state index contributed by atoms with van der Waals surface area (Å²) in [4.78, 5) is 38.8. The van der Waals surface area contributed by atoms with Gasteiger partial charge in [-0.05, 0) is 40.2 Å². The van der Waals surface area contributed by atoms with E-state index in [0.29, 0.717) is 17.7 Å². The molecule has 0 atom stereocenters. The lowest BCUT2D eigenvalue weighted by molar-refractivity contribution is -0.121. The van der Waals surface area contributed by atoms with Gasteiger partial charge in [-0.25, -0.2) is 0 Å². The standard InChI is InChI=1S/C18H17BrN2O3S2/c19-15-6-5-12(26-15)11-25-10-8-20-16(22)7-9-21-17(23)13-3-1-2-4-14(13)18(21)24/h1-6H,7-11H2,(H,20,22). The highest BCUT2D eigenvalue weighted by Gasteiger charge is 2.34. The van der Waals surface area contributed by atoms with E-state index in [-0.39, 0.29) is 30.7 Å². The molecule has 26 heavy (non-hydrogen) atoms. The largest absolute Gasteiger partial charge is 0.355 e. The molecule has 0 spiro atoms. The smallest absolute Gasteiger partial charge is 0.261 e. The molecule has 3 amide bonds. The molecule has 1 aliphatic rings. The Kier molecular flexibility index (Phi) is 6.50. The molecular formula is C18H17BrN2O3S2. The van der Waals surface area contributed by atoms with E-state index in [1.165, 1.54) is 4.88 Å². The van der Waals surface area contributed by atoms with Gasteiger partial charge in [0.1, 0.15) is 0 Å². The van der Waals surface area contributed by atoms with Gasteiger partial charge in [0.05, 0.1) is 14.9 Å². The second kappa shape index (κ2) is 8.83. The van der Waals surface area contributed by atoms with Crippen molar-refractivity contribution in [2.75, 3.05) is 18.8 Å². The van der Waals surface area contributed by atoms with Gasteiger partial charge in [0.15, 0.2) is 0 Å². The first-order valence-corrected chi connectivity index (χ1v) is 10.9. The van der Waals surface area contributed by atoms with Crippen LogP contribution >= 0.6 is 39.0 Å². The van der Waals surface area contributed by atoms with Crippen molar-refractivity contribution < 1.29 is 14.4 Å². The van der Waals surface area contributed by atoms with Gasteiger partial charge in [-0.15, -0.1) is 11.3 Å². The molecule has 0 unspecified atom stereocenters. The Labute approximate surface area is 168 Å². The molecule has 5 nitrogen and oxygen atoms in total. The van der Waals surface area contributed by atoms with Gasteiger partial charge >= 0.3 is 0 Å². The number of halogens is 1. The van der Waals surface area contributed by atoms with Crippen molar-refractivity contribution in [3.05, 3.63) is 56.2 Å². The zero-order chi connectivity index (χ0) is 18.5. The minimum Gasteiger partial charge on any atom is -0.355 e. The average Bonchev–Trinajstić information content (AvgIpc) is 3.15. The first-order valence-electron chi connectivity index (χ1n) is 8.10. The van der Waals surface area contributed by atoms with Crippen molar-refractivity contribution in [3.63, 3.8) is 0 Å². The lowest BCUT2D eigenvalue weighted by Gasteiger charge is -2.13. The van der Waals surface area contributed by atoms with Crippen LogP contribution in [0.2, 0.25) is 0 Å². The first-order chi connectivity index (χ1) is 12.6. The number of carbonyl (C=O) groups excluding carboxylic acids is 3. The predicted octanol–water partition coefficient (Wildman–Crippen LogP) is 3.55. The number of benzene rings is 1. The maximum Gasteiger partial charge on any atom is 0.261 e. The van der Waals surface area contributed by atoms with Gasteiger partial charge in [0, 0.05) is 35.9 Å². The van der Waals surface area contributed by atoms with E-state index in [1.807, 2.05) is 6.07 Å². The second-order valence-corrected chi connectivity index (χ2v) is 9.32. The number of fused-ring (bicyclic) bond motifs is 1. The Morgan fingerprint density at radius 2 is 1.81 bits per heavy atom. The lowest BCUT2D eigenvalue weighted by atomic mass is 10.1. The molecule has 0 saturated carbocycles. The molecule has 3 rings (SSSR count). The Balaban J connectivity index is 1.36. The molecule has 8 heteroatoms. The number of thioether (sulfide) groups is 1. The van der Waals surface area contributed by atoms with Crippen LogP contribution in [0.1, 0.15) is 32.0 Å². The number of thiophene rings is 1. The summed E-state index contributed by atoms with van der Waals surface area (Å²) >= 11 is 6.90. The summed E-state index contributed by atoms with van der Waals surface area (Å²) in [5.41, 5.74) is 0.823. The van der Waals surface area contributed by atoms with E-state index in [1.54, 1.807) is 47.4 Å². The van der Waals surface area contributed by atoms with E-state index in [2.05, 4.69) is 27.3 Å². The molecule has 0 fully saturated rings. The fourth-order valence-corrected chi connectivity index (χ4v) is 5.06. The van der Waals surface area contributed by atoms with E-state index < -0.39 is 0 Å². The minimum absolute atomic E-state index is 0.106. The van der Waals surface area contributed by atoms with E-state index in [4.69, 9.17) is 0 Å². The van der Waals surface area contributed by atoms with Gasteiger partial charge in [-0.2, -0.15) is 11.8 Å². The number of hydrogen-bond acceptors (Lipinski definition) is 5. The fourth-order valence-electron chi connectivity index (χ4n) is 2.61. The van der Waals surface area contributed by atoms with Crippen LogP contribution < -0.4 is 5.32 Å². The number of amides is 3. The van der Waals surface area contributed by atoms with Gasteiger partial charge in [-0.1, -0.05) is 12.1 Å². The Hall–Kier alpha value is -1.64. The lowest BCUT2D eigenvalue weighted by Crippen LogP contribution is -2.35. The van der Waals surface area contributed by atoms with Crippen LogP contribution in [0.5, 0.6) is 0 Å². The summed E-state index contributed by atoms with van der Waals surface area (Å²) in [5.74, 6) is 0.934. The van der Waals surface area contributed by atoms with Crippen LogP contribution in [0.25, 0.3) is 0 Å². The van der Waals surface area contributed by atoms with Crippen LogP contribution in [0.3, 0.4) is 0 Å². The summed E-state index contributed by atoms with van der Waals surface area (Å²) < 4.78 is 1.12. The summed E-state index contributed by atoms with van der Waals surface area (Å²) in [7, 11) is 0. The molecular weight excluding hydrogens is 436 g/mol. The van der Waals surface area contributed by atoms with Crippen molar-refractivity contribution in [1.29, 1.82) is 0 Å². The van der Waals surface area contributed by atoms with Crippen molar-refractivity contribution in [1.82, 2.24) is 10.2 Å². The number of nitrogens with one attached hydrogen (secondary N) is 1. The van der Waals surface area contributed by atoms with Crippen LogP contribution in [0.4, 0.5) is 0 Å². The van der Waals surface area contributed by atoms with E-state index in [9.17, 15) is 14.4 Å². The Morgan fingerprint density at radius 1 is 1.12 bits per heavy atom. The van der Waals surface area contributed by atoms with Crippen molar-refractivity contribution in [3.8, 4) is 0 Å². The third-order valence-corrected chi connectivity index (χ3v) is 6.70. The molecule has 2 heterocycles. The highest BCUT2D eigenvalue weighted by molar-refractivity contribution is 9.11. The number of carbonyl (C=O) groups is 3. The monoisotopic (exact) mass is 452 g/mol. The zero-order valence-corrected chi connectivity index (χ0v) is 17.1. The average molecular weight is 453 g/mol. The SMILES string of the molecule is O=C(CCN1C(=O)c2ccccc2C1=O)NCCSCc1ccc(Br)s1. The molecule has 0 saturated heterocycles. The molecule has 1 N–H and O–H groups in total. The highest BCUT2D eigenvalue weighted by atomic mass is 79.9. The molecule has 0 bridgehead atoms. The van der Waals surface area contributed by atoms with Crippen molar-refractivity contribution in [2.24, 2.45) is 0 Å². The molecule has 1 aliphatic heterocycles. The van der Waals surface area contributed by atoms with Gasteiger partial charge in [-0.3, -0.25) is 19.3 Å². The Morgan fingerprint density at radius 3 is 2.42 bits per heavy atom. The van der Waals surface area contributed by atoms with Crippen molar-refractivity contribution >= 4 is 56.8 Å². The second-order valence-electron chi connectivity index (χ2n) is 5.67. The third-order valence-electron chi connectivity index (χ3n) is 3.88. The molecule has 1 aromatic heterocycles. The van der Waals surface area contributed by atoms with E-state index >= 15 is 0 Å². The van der Waals surface area contributed by atoms with Crippen LogP contribution in [-0.4, -0.2) is 41.5 Å². The van der Waals surface area contributed by atoms with E-state index in [0.717, 1.165) is 20.2 Å². The first kappa shape index (κ1) is 19.1. The van der Waals surface area contributed by atoms with Crippen LogP contribution in [0, 0.1) is 0 Å². The number of nitrogens with zero attached hydrogens (tertiary/aromatic N) is 1. The third kappa shape index (κ3) is 4.55. The minimum atomic E-state index is -0.323. The Bertz CT molecular complexity index is 802. The number of hydrogen-bond donors (Lipinski definition) is 1. The number of imide groups is 1. The fraction of sp³-hybridized carbons (Fsp3) is 0.278. The topological polar surface area (TPSA) is 66.5 Å². The zero-order valence-electron chi connectivity index (χ0n) is 13.9. The summed E-state index contributed by atoms with van der Waals surface area (Å²) in [6, 6.07) is 10.8. The summed E-state index contributed by atoms with van der Waals surface area (Å²) in [5, 5.41) is 2.83. The molecule has 0 aliphatic carbocycles. The van der Waals surface area contributed by atoms with Gasteiger partial charge < -0.3 is 5.32 Å². The van der Waals surface area contributed by atoms with Crippen molar-refractivity contribution in [2.45, 2.75) is 12.2 Å². The predicted molar refractivity (Wildman–Crippen MR) is 108 cm³/mol. The summed E-state index contributed by atoms with van der Waals surface area (Å²) in [6.07, 6.45) is 0.119. The maximum atomic E-state index is 12.2. The number of rotatable bonds is 8. The van der Waals surface area contributed by atoms with Gasteiger partial charge in [0.2, 0.25) is 5.91 Å².